The van der Waals surface area contributed by atoms with Crippen molar-refractivity contribution in [1.29, 1.82) is 0 Å². The van der Waals surface area contributed by atoms with E-state index in [0.717, 1.165) is 17.5 Å². The van der Waals surface area contributed by atoms with E-state index < -0.39 is 11.9 Å². The summed E-state index contributed by atoms with van der Waals surface area (Å²) in [5, 5.41) is 0. The molecule has 3 aromatic rings. The SMILES string of the molecule is COC(=O)c1ccc(C(=O)Oc2ccc(Cc3ccc(C)c(C)c3)cc2C)cc1. The first-order valence-electron chi connectivity index (χ1n) is 9.43. The molecule has 0 saturated heterocycles. The smallest absolute Gasteiger partial charge is 0.343 e. The average molecular weight is 388 g/mol. The first kappa shape index (κ1) is 20.3. The first-order chi connectivity index (χ1) is 13.9. The van der Waals surface area contributed by atoms with Gasteiger partial charge in [-0.2, -0.15) is 0 Å². The lowest BCUT2D eigenvalue weighted by Crippen LogP contribution is -2.10. The Morgan fingerprint density at radius 3 is 1.79 bits per heavy atom. The van der Waals surface area contributed by atoms with Crippen LogP contribution in [0.3, 0.4) is 0 Å². The van der Waals surface area contributed by atoms with Crippen LogP contribution < -0.4 is 4.74 Å². The molecule has 0 spiro atoms. The Labute approximate surface area is 171 Å². The third kappa shape index (κ3) is 4.91. The number of aryl methyl sites for hydroxylation is 3. The van der Waals surface area contributed by atoms with Crippen molar-refractivity contribution in [3.63, 3.8) is 0 Å². The molecular weight excluding hydrogens is 364 g/mol. The number of ether oxygens (including phenoxy) is 2. The maximum atomic E-state index is 12.4. The number of hydrogen-bond donors (Lipinski definition) is 0. The van der Waals surface area contributed by atoms with Gasteiger partial charge in [0.25, 0.3) is 0 Å². The quantitative estimate of drug-likeness (QED) is 0.445. The second-order valence-corrected chi connectivity index (χ2v) is 7.15. The van der Waals surface area contributed by atoms with Gasteiger partial charge in [-0.25, -0.2) is 9.59 Å². The highest BCUT2D eigenvalue weighted by Crippen LogP contribution is 2.23. The maximum absolute atomic E-state index is 12.4. The van der Waals surface area contributed by atoms with Crippen LogP contribution in [0.4, 0.5) is 0 Å². The lowest BCUT2D eigenvalue weighted by atomic mass is 9.99. The summed E-state index contributed by atoms with van der Waals surface area (Å²) in [4.78, 5) is 23.9. The van der Waals surface area contributed by atoms with Gasteiger partial charge in [0.05, 0.1) is 18.2 Å². The van der Waals surface area contributed by atoms with Crippen molar-refractivity contribution in [1.82, 2.24) is 0 Å². The van der Waals surface area contributed by atoms with Crippen molar-refractivity contribution in [2.45, 2.75) is 27.2 Å². The number of esters is 2. The summed E-state index contributed by atoms with van der Waals surface area (Å²) in [6.07, 6.45) is 0.825. The van der Waals surface area contributed by atoms with Gasteiger partial charge in [0.1, 0.15) is 5.75 Å². The minimum Gasteiger partial charge on any atom is -0.465 e. The molecule has 0 unspecified atom stereocenters. The van der Waals surface area contributed by atoms with E-state index in [2.05, 4.69) is 36.8 Å². The summed E-state index contributed by atoms with van der Waals surface area (Å²) in [5.74, 6) is -0.387. The standard InChI is InChI=1S/C25H24O4/c1-16-5-6-19(13-17(16)2)15-20-7-12-23(18(3)14-20)29-25(27)22-10-8-21(9-11-22)24(26)28-4/h5-14H,15H2,1-4H3. The van der Waals surface area contributed by atoms with Crippen LogP contribution in [0.25, 0.3) is 0 Å². The van der Waals surface area contributed by atoms with Gasteiger partial charge in [0, 0.05) is 0 Å². The van der Waals surface area contributed by atoms with Crippen LogP contribution in [-0.2, 0) is 11.2 Å². The fraction of sp³-hybridized carbons (Fsp3) is 0.200. The van der Waals surface area contributed by atoms with Gasteiger partial charge in [-0.1, -0.05) is 30.3 Å². The van der Waals surface area contributed by atoms with Crippen molar-refractivity contribution >= 4 is 11.9 Å². The van der Waals surface area contributed by atoms with Crippen LogP contribution in [-0.4, -0.2) is 19.0 Å². The van der Waals surface area contributed by atoms with E-state index in [-0.39, 0.29) is 0 Å². The summed E-state index contributed by atoms with van der Waals surface area (Å²) >= 11 is 0. The molecule has 3 rings (SSSR count). The zero-order valence-electron chi connectivity index (χ0n) is 17.1. The fourth-order valence-electron chi connectivity index (χ4n) is 3.10. The third-order valence-corrected chi connectivity index (χ3v) is 4.96. The number of hydrogen-bond acceptors (Lipinski definition) is 4. The highest BCUT2D eigenvalue weighted by molar-refractivity contribution is 5.94. The summed E-state index contributed by atoms with van der Waals surface area (Å²) in [6, 6.07) is 18.5. The molecule has 0 N–H and O–H groups in total. The highest BCUT2D eigenvalue weighted by atomic mass is 16.5. The Kier molecular flexibility index (Phi) is 6.13. The molecule has 148 valence electrons. The lowest BCUT2D eigenvalue weighted by Gasteiger charge is -2.11. The molecule has 3 aromatic carbocycles. The van der Waals surface area contributed by atoms with Crippen molar-refractivity contribution in [3.05, 3.63) is 99.6 Å². The van der Waals surface area contributed by atoms with E-state index in [1.807, 2.05) is 25.1 Å². The summed E-state index contributed by atoms with van der Waals surface area (Å²) < 4.78 is 10.2. The average Bonchev–Trinajstić information content (AvgIpc) is 2.72. The van der Waals surface area contributed by atoms with Crippen molar-refractivity contribution in [2.24, 2.45) is 0 Å². The topological polar surface area (TPSA) is 52.6 Å². The molecule has 0 heterocycles. The minimum atomic E-state index is -0.466. The van der Waals surface area contributed by atoms with E-state index in [9.17, 15) is 9.59 Å². The van der Waals surface area contributed by atoms with Gasteiger partial charge in [-0.15, -0.1) is 0 Å². The predicted molar refractivity (Wildman–Crippen MR) is 113 cm³/mol. The second-order valence-electron chi connectivity index (χ2n) is 7.15. The summed E-state index contributed by atoms with van der Waals surface area (Å²) in [5.41, 5.74) is 6.63. The number of rotatable bonds is 5. The van der Waals surface area contributed by atoms with E-state index >= 15 is 0 Å². The number of methoxy groups -OCH3 is 1. The van der Waals surface area contributed by atoms with E-state index in [4.69, 9.17) is 4.74 Å². The molecule has 0 aliphatic carbocycles. The monoisotopic (exact) mass is 388 g/mol. The number of benzene rings is 3. The van der Waals surface area contributed by atoms with Crippen LogP contribution in [0, 0.1) is 20.8 Å². The van der Waals surface area contributed by atoms with Crippen molar-refractivity contribution in [2.75, 3.05) is 7.11 Å². The van der Waals surface area contributed by atoms with Gasteiger partial charge < -0.3 is 9.47 Å². The van der Waals surface area contributed by atoms with Crippen LogP contribution in [0.5, 0.6) is 5.75 Å². The largest absolute Gasteiger partial charge is 0.465 e. The Hall–Kier alpha value is -3.40. The Morgan fingerprint density at radius 2 is 1.24 bits per heavy atom. The van der Waals surface area contributed by atoms with Crippen LogP contribution in [0.15, 0.2) is 60.7 Å². The molecule has 0 aromatic heterocycles. The molecular formula is C25H24O4. The number of carbonyl (C=O) groups is 2. The van der Waals surface area contributed by atoms with Gasteiger partial charge in [0.2, 0.25) is 0 Å². The van der Waals surface area contributed by atoms with Crippen LogP contribution in [0.2, 0.25) is 0 Å². The Bertz CT molecular complexity index is 1050. The molecule has 0 amide bonds. The molecule has 0 radical (unpaired) electrons. The molecule has 29 heavy (non-hydrogen) atoms. The van der Waals surface area contributed by atoms with Gasteiger partial charge in [0.15, 0.2) is 0 Å². The normalized spacial score (nSPS) is 10.5. The highest BCUT2D eigenvalue weighted by Gasteiger charge is 2.13. The van der Waals surface area contributed by atoms with Crippen LogP contribution >= 0.6 is 0 Å². The molecule has 0 aliphatic rings. The lowest BCUT2D eigenvalue weighted by molar-refractivity contribution is 0.0599. The Balaban J connectivity index is 1.70. The maximum Gasteiger partial charge on any atom is 0.343 e. The molecule has 0 bridgehead atoms. The second kappa shape index (κ2) is 8.74. The Morgan fingerprint density at radius 1 is 0.690 bits per heavy atom. The third-order valence-electron chi connectivity index (χ3n) is 4.96. The molecule has 4 heteroatoms. The van der Waals surface area contributed by atoms with Gasteiger partial charge in [-0.3, -0.25) is 0 Å². The summed E-state index contributed by atoms with van der Waals surface area (Å²) in [7, 11) is 1.32. The van der Waals surface area contributed by atoms with Crippen molar-refractivity contribution < 1.29 is 19.1 Å². The summed E-state index contributed by atoms with van der Waals surface area (Å²) in [6.45, 7) is 6.15. The zero-order valence-corrected chi connectivity index (χ0v) is 17.1. The fourth-order valence-corrected chi connectivity index (χ4v) is 3.10. The minimum absolute atomic E-state index is 0.372. The van der Waals surface area contributed by atoms with Crippen LogP contribution in [0.1, 0.15) is 48.5 Å². The predicted octanol–water partition coefficient (Wildman–Crippen LogP) is 5.21. The number of carbonyl (C=O) groups excluding carboxylic acids is 2. The molecule has 0 saturated carbocycles. The van der Waals surface area contributed by atoms with E-state index in [1.54, 1.807) is 24.3 Å². The van der Waals surface area contributed by atoms with Gasteiger partial charge >= 0.3 is 11.9 Å². The van der Waals surface area contributed by atoms with Gasteiger partial charge in [-0.05, 0) is 85.3 Å². The molecule has 0 atom stereocenters. The van der Waals surface area contributed by atoms with E-state index in [0.29, 0.717) is 16.9 Å². The molecule has 0 aliphatic heterocycles. The van der Waals surface area contributed by atoms with E-state index in [1.165, 1.54) is 23.8 Å². The first-order valence-corrected chi connectivity index (χ1v) is 9.43. The molecule has 4 nitrogen and oxygen atoms in total. The molecule has 0 fully saturated rings. The van der Waals surface area contributed by atoms with Crippen molar-refractivity contribution in [3.8, 4) is 5.75 Å². The zero-order chi connectivity index (χ0) is 21.0.